The molecule has 0 aromatic carbocycles. The zero-order valence-electron chi connectivity index (χ0n) is 40.9. The normalized spacial score (nSPS) is 12.8. The summed E-state index contributed by atoms with van der Waals surface area (Å²) in [6, 6.07) is -0.632. The average Bonchev–Trinajstić information content (AvgIpc) is 3.26. The Morgan fingerprint density at radius 2 is 0.770 bits per heavy atom. The molecule has 61 heavy (non-hydrogen) atoms. The van der Waals surface area contributed by atoms with E-state index in [9.17, 15) is 19.8 Å². The van der Waals surface area contributed by atoms with Crippen molar-refractivity contribution in [1.29, 1.82) is 0 Å². The van der Waals surface area contributed by atoms with Crippen LogP contribution < -0.4 is 5.32 Å². The van der Waals surface area contributed by atoms with Crippen molar-refractivity contribution in [1.82, 2.24) is 5.32 Å². The Hall–Kier alpha value is -1.66. The van der Waals surface area contributed by atoms with Crippen LogP contribution in [0.2, 0.25) is 0 Å². The maximum absolute atomic E-state index is 12.4. The Labute approximate surface area is 380 Å². The van der Waals surface area contributed by atoms with Crippen molar-refractivity contribution in [2.24, 2.45) is 0 Å². The number of esters is 1. The number of carbonyl (C=O) groups excluding carboxylic acids is 2. The zero-order valence-corrected chi connectivity index (χ0v) is 40.9. The van der Waals surface area contributed by atoms with Gasteiger partial charge in [0.25, 0.3) is 0 Å². The number of carbonyl (C=O) groups is 2. The number of aliphatic hydroxyl groups is 2. The molecule has 0 aliphatic carbocycles. The van der Waals surface area contributed by atoms with Crippen molar-refractivity contribution in [3.8, 4) is 0 Å². The first kappa shape index (κ1) is 59.3. The molecule has 2 unspecified atom stereocenters. The van der Waals surface area contributed by atoms with E-state index in [0.717, 1.165) is 44.9 Å². The summed E-state index contributed by atoms with van der Waals surface area (Å²) in [5.74, 6) is -0.0810. The van der Waals surface area contributed by atoms with E-state index in [4.69, 9.17) is 4.74 Å². The molecule has 6 nitrogen and oxygen atoms in total. The van der Waals surface area contributed by atoms with E-state index in [1.807, 2.05) is 6.08 Å². The van der Waals surface area contributed by atoms with Crippen LogP contribution in [-0.4, -0.2) is 47.4 Å². The van der Waals surface area contributed by atoms with Gasteiger partial charge in [-0.15, -0.1) is 0 Å². The lowest BCUT2D eigenvalue weighted by atomic mass is 10.0. The summed E-state index contributed by atoms with van der Waals surface area (Å²) in [6.07, 6.45) is 60.4. The highest BCUT2D eigenvalue weighted by Gasteiger charge is 2.18. The standard InChI is InChI=1S/C55H105NO5/c1-3-5-7-9-11-13-15-17-18-22-25-29-33-37-41-45-49-55(60)61-50-46-42-38-34-30-26-23-20-19-21-24-28-32-36-40-44-48-54(59)56-52(51-57)53(58)47-43-39-35-31-27-16-14-12-10-8-6-4-2/h18,22,43,47,52-53,57-58H,3-17,19-21,23-42,44-46,48-51H2,1-2H3,(H,56,59)/b22-18-,47-43+. The number of ether oxygens (including phenoxy) is 1. The van der Waals surface area contributed by atoms with Crippen LogP contribution in [0.5, 0.6) is 0 Å². The minimum atomic E-state index is -0.847. The Morgan fingerprint density at radius 1 is 0.443 bits per heavy atom. The molecular formula is C55H105NO5. The minimum absolute atomic E-state index is 0.00544. The van der Waals surface area contributed by atoms with Gasteiger partial charge in [-0.05, 0) is 57.8 Å². The molecule has 0 spiro atoms. The Morgan fingerprint density at radius 3 is 1.16 bits per heavy atom. The largest absolute Gasteiger partial charge is 0.466 e. The van der Waals surface area contributed by atoms with Crippen molar-refractivity contribution in [3.63, 3.8) is 0 Å². The van der Waals surface area contributed by atoms with E-state index in [1.165, 1.54) is 218 Å². The van der Waals surface area contributed by atoms with Crippen molar-refractivity contribution in [2.45, 2.75) is 302 Å². The molecule has 3 N–H and O–H groups in total. The molecule has 0 saturated carbocycles. The van der Waals surface area contributed by atoms with Crippen LogP contribution in [0.4, 0.5) is 0 Å². The highest BCUT2D eigenvalue weighted by Crippen LogP contribution is 2.16. The fourth-order valence-electron chi connectivity index (χ4n) is 8.27. The van der Waals surface area contributed by atoms with Crippen molar-refractivity contribution in [2.75, 3.05) is 13.2 Å². The van der Waals surface area contributed by atoms with Gasteiger partial charge in [-0.25, -0.2) is 0 Å². The molecule has 6 heteroatoms. The number of unbranched alkanes of at least 4 members (excludes halogenated alkanes) is 37. The summed E-state index contributed by atoms with van der Waals surface area (Å²) in [5, 5.41) is 23.0. The van der Waals surface area contributed by atoms with Gasteiger partial charge >= 0.3 is 5.97 Å². The molecular weight excluding hydrogens is 755 g/mol. The Kier molecular flexibility index (Phi) is 49.6. The molecule has 0 radical (unpaired) electrons. The second-order valence-electron chi connectivity index (χ2n) is 18.6. The molecule has 0 bridgehead atoms. The van der Waals surface area contributed by atoms with Crippen LogP contribution in [0.25, 0.3) is 0 Å². The predicted molar refractivity (Wildman–Crippen MR) is 264 cm³/mol. The van der Waals surface area contributed by atoms with Gasteiger partial charge in [0, 0.05) is 12.8 Å². The van der Waals surface area contributed by atoms with E-state index in [-0.39, 0.29) is 18.5 Å². The molecule has 0 aromatic rings. The van der Waals surface area contributed by atoms with Gasteiger partial charge in [-0.1, -0.05) is 244 Å². The monoisotopic (exact) mass is 860 g/mol. The fourth-order valence-corrected chi connectivity index (χ4v) is 8.27. The van der Waals surface area contributed by atoms with Crippen LogP contribution >= 0.6 is 0 Å². The number of aliphatic hydroxyl groups excluding tert-OH is 2. The smallest absolute Gasteiger partial charge is 0.305 e. The van der Waals surface area contributed by atoms with E-state index >= 15 is 0 Å². The highest BCUT2D eigenvalue weighted by molar-refractivity contribution is 5.76. The van der Waals surface area contributed by atoms with E-state index in [2.05, 4.69) is 31.3 Å². The highest BCUT2D eigenvalue weighted by atomic mass is 16.5. The van der Waals surface area contributed by atoms with Gasteiger partial charge in [0.1, 0.15) is 0 Å². The molecule has 1 amide bonds. The second-order valence-corrected chi connectivity index (χ2v) is 18.6. The maximum atomic E-state index is 12.4. The lowest BCUT2D eigenvalue weighted by Gasteiger charge is -2.20. The Balaban J connectivity index is 3.43. The van der Waals surface area contributed by atoms with Gasteiger partial charge < -0.3 is 20.3 Å². The summed E-state index contributed by atoms with van der Waals surface area (Å²) < 4.78 is 5.47. The molecule has 2 atom stereocenters. The molecule has 0 heterocycles. The van der Waals surface area contributed by atoms with Crippen molar-refractivity contribution < 1.29 is 24.5 Å². The molecule has 360 valence electrons. The number of rotatable bonds is 50. The van der Waals surface area contributed by atoms with Gasteiger partial charge in [0.05, 0.1) is 25.4 Å². The minimum Gasteiger partial charge on any atom is -0.466 e. The molecule has 0 saturated heterocycles. The van der Waals surface area contributed by atoms with E-state index in [0.29, 0.717) is 19.4 Å². The van der Waals surface area contributed by atoms with Crippen LogP contribution in [0.3, 0.4) is 0 Å². The summed E-state index contributed by atoms with van der Waals surface area (Å²) in [5.41, 5.74) is 0. The van der Waals surface area contributed by atoms with Gasteiger partial charge in [0.15, 0.2) is 0 Å². The topological polar surface area (TPSA) is 95.9 Å². The number of allylic oxidation sites excluding steroid dienone is 3. The average molecular weight is 860 g/mol. The first-order chi connectivity index (χ1) is 30.0. The van der Waals surface area contributed by atoms with Gasteiger partial charge in [-0.2, -0.15) is 0 Å². The molecule has 0 fully saturated rings. The van der Waals surface area contributed by atoms with Crippen LogP contribution in [0.15, 0.2) is 24.3 Å². The lowest BCUT2D eigenvalue weighted by Crippen LogP contribution is -2.45. The van der Waals surface area contributed by atoms with Gasteiger partial charge in [0.2, 0.25) is 5.91 Å². The lowest BCUT2D eigenvalue weighted by molar-refractivity contribution is -0.143. The molecule has 0 aliphatic rings. The zero-order chi connectivity index (χ0) is 44.4. The fraction of sp³-hybridized carbons (Fsp3) is 0.891. The SMILES string of the molecule is CCCCCCCCC/C=C\CCCCCCCC(=O)OCCCCCCCCCCCCCCCCCCC(=O)NC(CO)C(O)/C=C/CCCCCCCCCCCC. The predicted octanol–water partition coefficient (Wildman–Crippen LogP) is 16.3. The number of hydrogen-bond acceptors (Lipinski definition) is 5. The van der Waals surface area contributed by atoms with Crippen LogP contribution in [-0.2, 0) is 14.3 Å². The molecule has 0 aliphatic heterocycles. The molecule has 0 rings (SSSR count). The van der Waals surface area contributed by atoms with E-state index < -0.39 is 12.1 Å². The second kappa shape index (κ2) is 51.0. The summed E-state index contributed by atoms with van der Waals surface area (Å²) in [4.78, 5) is 24.5. The van der Waals surface area contributed by atoms with Crippen LogP contribution in [0.1, 0.15) is 290 Å². The first-order valence-corrected chi connectivity index (χ1v) is 27.1. The summed E-state index contributed by atoms with van der Waals surface area (Å²) in [6.45, 7) is 4.88. The van der Waals surface area contributed by atoms with Gasteiger partial charge in [-0.3, -0.25) is 9.59 Å². The summed E-state index contributed by atoms with van der Waals surface area (Å²) >= 11 is 0. The van der Waals surface area contributed by atoms with E-state index in [1.54, 1.807) is 6.08 Å². The summed E-state index contributed by atoms with van der Waals surface area (Å²) in [7, 11) is 0. The van der Waals surface area contributed by atoms with Crippen LogP contribution in [0, 0.1) is 0 Å². The number of hydrogen-bond donors (Lipinski definition) is 3. The number of nitrogens with one attached hydrogen (secondary N) is 1. The first-order valence-electron chi connectivity index (χ1n) is 27.1. The maximum Gasteiger partial charge on any atom is 0.305 e. The van der Waals surface area contributed by atoms with Crippen molar-refractivity contribution >= 4 is 11.9 Å². The van der Waals surface area contributed by atoms with Crippen molar-refractivity contribution in [3.05, 3.63) is 24.3 Å². The third-order valence-corrected chi connectivity index (χ3v) is 12.5. The molecule has 0 aromatic heterocycles. The number of amides is 1. The Bertz CT molecular complexity index is 951. The third kappa shape index (κ3) is 47.7. The quantitative estimate of drug-likeness (QED) is 0.0322. The third-order valence-electron chi connectivity index (χ3n) is 12.5.